The van der Waals surface area contributed by atoms with Crippen LogP contribution in [0.15, 0.2) is 65.7 Å². The lowest BCUT2D eigenvalue weighted by molar-refractivity contribution is -0.108. The largest absolute Gasteiger partial charge is 0.372 e. The molecule has 1 aliphatic heterocycles. The van der Waals surface area contributed by atoms with E-state index in [-0.39, 0.29) is 29.1 Å². The Morgan fingerprint density at radius 1 is 1.07 bits per heavy atom. The maximum Gasteiger partial charge on any atom is 0.251 e. The summed E-state index contributed by atoms with van der Waals surface area (Å²) in [6.45, 7) is 7.28. The smallest absolute Gasteiger partial charge is 0.251 e. The summed E-state index contributed by atoms with van der Waals surface area (Å²) in [5.74, 6) is 0.346. The molecule has 0 bridgehead atoms. The molecule has 1 aliphatic rings. The summed E-state index contributed by atoms with van der Waals surface area (Å²) in [7, 11) is -3.52. The monoisotopic (exact) mass is 587 g/mol. The van der Waals surface area contributed by atoms with Crippen LogP contribution in [0, 0.1) is 6.92 Å². The lowest BCUT2D eigenvalue weighted by Crippen LogP contribution is -2.45. The van der Waals surface area contributed by atoms with E-state index in [0.29, 0.717) is 28.8 Å². The molecule has 1 fully saturated rings. The first-order valence-corrected chi connectivity index (χ1v) is 15.6. The number of aldehydes is 1. The Morgan fingerprint density at radius 3 is 2.52 bits per heavy atom. The number of carbonyl (C=O) groups excluding carboxylic acids is 2. The maximum absolute atomic E-state index is 13.1. The Hall–Kier alpha value is -4.22. The molecule has 5 rings (SSSR count). The highest BCUT2D eigenvalue weighted by molar-refractivity contribution is 7.90. The number of sulfone groups is 1. The third-order valence-electron chi connectivity index (χ3n) is 7.18. The Labute approximate surface area is 245 Å². The first-order valence-electron chi connectivity index (χ1n) is 13.7. The normalized spacial score (nSPS) is 18.0. The third kappa shape index (κ3) is 6.47. The molecule has 218 valence electrons. The van der Waals surface area contributed by atoms with Crippen molar-refractivity contribution < 1.29 is 22.7 Å². The fourth-order valence-electron chi connectivity index (χ4n) is 5.20. The second kappa shape index (κ2) is 11.9. The van der Waals surface area contributed by atoms with Crippen molar-refractivity contribution in [1.82, 2.24) is 20.3 Å². The lowest BCUT2D eigenvalue weighted by Gasteiger charge is -2.36. The Kier molecular flexibility index (Phi) is 8.33. The van der Waals surface area contributed by atoms with Crippen molar-refractivity contribution in [2.75, 3.05) is 24.2 Å². The van der Waals surface area contributed by atoms with Gasteiger partial charge in [-0.1, -0.05) is 12.1 Å². The van der Waals surface area contributed by atoms with E-state index in [1.54, 1.807) is 31.3 Å². The first-order chi connectivity index (χ1) is 20.0. The Bertz CT molecular complexity index is 1750. The topological polar surface area (TPSA) is 131 Å². The van der Waals surface area contributed by atoms with E-state index in [2.05, 4.69) is 29.0 Å². The molecule has 1 unspecified atom stereocenters. The summed E-state index contributed by atoms with van der Waals surface area (Å²) in [6.07, 6.45) is 3.66. The molecular weight excluding hydrogens is 554 g/mol. The van der Waals surface area contributed by atoms with Gasteiger partial charge in [0.2, 0.25) is 0 Å². The van der Waals surface area contributed by atoms with Gasteiger partial charge in [-0.05, 0) is 68.8 Å². The molecule has 0 aliphatic carbocycles. The molecule has 0 spiro atoms. The van der Waals surface area contributed by atoms with Crippen LogP contribution in [-0.4, -0.2) is 67.1 Å². The standard InChI is InChI=1S/C31H33N5O5S/c1-19-8-9-22(14-29(19)42(4,39)40)31(38)35-26(12-13-37)28-15-27-23(16-32-28)10-11-25(33-27)24-6-5-7-30(34-24)36-17-20(2)41-21(3)18-36/h5-11,13-16,20-21,26H,12,17-18H2,1-4H3,(H,35,38)/t20-,21+,26?. The molecule has 1 aromatic carbocycles. The maximum atomic E-state index is 13.1. The molecule has 4 aromatic rings. The summed E-state index contributed by atoms with van der Waals surface area (Å²) >= 11 is 0. The van der Waals surface area contributed by atoms with Crippen molar-refractivity contribution in [3.05, 3.63) is 77.6 Å². The molecule has 1 saturated heterocycles. The van der Waals surface area contributed by atoms with Crippen LogP contribution in [0.25, 0.3) is 22.3 Å². The van der Waals surface area contributed by atoms with Gasteiger partial charge in [-0.15, -0.1) is 0 Å². The number of aryl methyl sites for hydroxylation is 1. The van der Waals surface area contributed by atoms with Crippen LogP contribution in [0.1, 0.15) is 47.9 Å². The van der Waals surface area contributed by atoms with Gasteiger partial charge in [0.15, 0.2) is 9.84 Å². The zero-order valence-corrected chi connectivity index (χ0v) is 24.8. The van der Waals surface area contributed by atoms with Crippen molar-refractivity contribution in [3.63, 3.8) is 0 Å². The number of hydrogen-bond donors (Lipinski definition) is 1. The molecule has 42 heavy (non-hydrogen) atoms. The number of nitrogens with zero attached hydrogens (tertiary/aromatic N) is 4. The number of morpholine rings is 1. The van der Waals surface area contributed by atoms with Gasteiger partial charge in [0.25, 0.3) is 5.91 Å². The lowest BCUT2D eigenvalue weighted by atomic mass is 10.1. The van der Waals surface area contributed by atoms with Crippen molar-refractivity contribution >= 4 is 38.8 Å². The van der Waals surface area contributed by atoms with E-state index in [4.69, 9.17) is 14.7 Å². The van der Waals surface area contributed by atoms with E-state index in [1.165, 1.54) is 6.07 Å². The average molecular weight is 588 g/mol. The van der Waals surface area contributed by atoms with Crippen molar-refractivity contribution in [2.45, 2.75) is 50.3 Å². The number of fused-ring (bicyclic) bond motifs is 1. The minimum Gasteiger partial charge on any atom is -0.372 e. The quantitative estimate of drug-likeness (QED) is 0.303. The summed E-state index contributed by atoms with van der Waals surface area (Å²) in [6, 6.07) is 15.2. The molecule has 0 radical (unpaired) electrons. The van der Waals surface area contributed by atoms with Gasteiger partial charge in [-0.3, -0.25) is 9.78 Å². The number of nitrogens with one attached hydrogen (secondary N) is 1. The second-order valence-corrected chi connectivity index (χ2v) is 12.7. The van der Waals surface area contributed by atoms with Crippen LogP contribution in [0.5, 0.6) is 0 Å². The predicted molar refractivity (Wildman–Crippen MR) is 160 cm³/mol. The number of rotatable bonds is 8. The number of aromatic nitrogens is 3. The van der Waals surface area contributed by atoms with Gasteiger partial charge in [0, 0.05) is 42.9 Å². The summed E-state index contributed by atoms with van der Waals surface area (Å²) in [4.78, 5) is 41.2. The molecule has 3 atom stereocenters. The molecular formula is C31H33N5O5S. The van der Waals surface area contributed by atoms with Gasteiger partial charge in [0.05, 0.1) is 45.7 Å². The summed E-state index contributed by atoms with van der Waals surface area (Å²) in [5, 5.41) is 3.62. The van der Waals surface area contributed by atoms with E-state index in [1.807, 2.05) is 30.3 Å². The highest BCUT2D eigenvalue weighted by atomic mass is 32.2. The summed E-state index contributed by atoms with van der Waals surface area (Å²) < 4.78 is 30.2. The number of pyridine rings is 3. The van der Waals surface area contributed by atoms with Crippen molar-refractivity contribution in [1.29, 1.82) is 0 Å². The van der Waals surface area contributed by atoms with E-state index < -0.39 is 21.8 Å². The van der Waals surface area contributed by atoms with Crippen LogP contribution < -0.4 is 10.2 Å². The van der Waals surface area contributed by atoms with Crippen LogP contribution >= 0.6 is 0 Å². The highest BCUT2D eigenvalue weighted by Crippen LogP contribution is 2.26. The Balaban J connectivity index is 1.42. The molecule has 11 heteroatoms. The highest BCUT2D eigenvalue weighted by Gasteiger charge is 2.24. The predicted octanol–water partition coefficient (Wildman–Crippen LogP) is 4.08. The van der Waals surface area contributed by atoms with Gasteiger partial charge in [-0.2, -0.15) is 0 Å². The minimum absolute atomic E-state index is 0.0191. The molecule has 3 aromatic heterocycles. The Morgan fingerprint density at radius 2 is 1.81 bits per heavy atom. The molecule has 4 heterocycles. The van der Waals surface area contributed by atoms with Gasteiger partial charge < -0.3 is 19.7 Å². The van der Waals surface area contributed by atoms with Gasteiger partial charge in [-0.25, -0.2) is 18.4 Å². The number of anilines is 1. The molecule has 1 N–H and O–H groups in total. The molecule has 1 amide bonds. The second-order valence-electron chi connectivity index (χ2n) is 10.7. The molecule has 0 saturated carbocycles. The van der Waals surface area contributed by atoms with Crippen LogP contribution in [0.4, 0.5) is 5.82 Å². The fraction of sp³-hybridized carbons (Fsp3) is 0.323. The van der Waals surface area contributed by atoms with Crippen LogP contribution in [-0.2, 0) is 19.4 Å². The van der Waals surface area contributed by atoms with Crippen LogP contribution in [0.2, 0.25) is 0 Å². The van der Waals surface area contributed by atoms with Crippen molar-refractivity contribution in [2.24, 2.45) is 0 Å². The number of carbonyl (C=O) groups is 2. The SMILES string of the molecule is Cc1ccc(C(=O)NC(CC=O)c2cc3nc(-c4cccc(N5C[C@@H](C)O[C@@H](C)C5)n4)ccc3cn2)cc1S(C)(=O)=O. The van der Waals surface area contributed by atoms with E-state index >= 15 is 0 Å². The number of ether oxygens (including phenoxy) is 1. The third-order valence-corrected chi connectivity index (χ3v) is 8.42. The van der Waals surface area contributed by atoms with E-state index in [9.17, 15) is 18.0 Å². The number of benzene rings is 1. The fourth-order valence-corrected chi connectivity index (χ4v) is 6.20. The zero-order valence-electron chi connectivity index (χ0n) is 23.9. The number of amides is 1. The average Bonchev–Trinajstić information content (AvgIpc) is 2.95. The summed E-state index contributed by atoms with van der Waals surface area (Å²) in [5.41, 5.74) is 3.22. The molecule has 10 nitrogen and oxygen atoms in total. The van der Waals surface area contributed by atoms with E-state index in [0.717, 1.165) is 36.2 Å². The van der Waals surface area contributed by atoms with Crippen molar-refractivity contribution in [3.8, 4) is 11.4 Å². The first kappa shape index (κ1) is 29.3. The van der Waals surface area contributed by atoms with Crippen LogP contribution in [0.3, 0.4) is 0 Å². The minimum atomic E-state index is -3.52. The number of hydrogen-bond acceptors (Lipinski definition) is 9. The van der Waals surface area contributed by atoms with Gasteiger partial charge in [0.1, 0.15) is 12.1 Å². The zero-order chi connectivity index (χ0) is 30.0. The van der Waals surface area contributed by atoms with Gasteiger partial charge >= 0.3 is 0 Å².